The van der Waals surface area contributed by atoms with Crippen LogP contribution >= 0.6 is 0 Å². The Kier molecular flexibility index (Phi) is 4.28. The van der Waals surface area contributed by atoms with Crippen molar-refractivity contribution in [2.24, 2.45) is 5.73 Å². The van der Waals surface area contributed by atoms with Crippen LogP contribution in [0.25, 0.3) is 0 Å². The van der Waals surface area contributed by atoms with Crippen molar-refractivity contribution in [1.29, 1.82) is 0 Å². The molecule has 1 rings (SSSR count). The molecule has 0 aromatic carbocycles. The summed E-state index contributed by atoms with van der Waals surface area (Å²) in [4.78, 5) is 1.80. The number of nitrogens with two attached hydrogens (primary N) is 1. The highest BCUT2D eigenvalue weighted by molar-refractivity contribution is 5.38. The summed E-state index contributed by atoms with van der Waals surface area (Å²) in [6, 6.07) is 2.34. The van der Waals surface area contributed by atoms with Crippen molar-refractivity contribution >= 4 is 5.82 Å². The number of nitrogens with zero attached hydrogens (tertiary/aromatic N) is 3. The van der Waals surface area contributed by atoms with Crippen LogP contribution in [0.3, 0.4) is 0 Å². The normalized spacial score (nSPS) is 11.9. The average Bonchev–Trinajstić information content (AvgIpc) is 2.24. The van der Waals surface area contributed by atoms with Crippen LogP contribution in [-0.2, 0) is 6.18 Å². The fourth-order valence-corrected chi connectivity index (χ4v) is 1.41. The van der Waals surface area contributed by atoms with Gasteiger partial charge in [0.05, 0.1) is 0 Å². The minimum absolute atomic E-state index is 0.101. The fourth-order valence-electron chi connectivity index (χ4n) is 1.41. The zero-order valence-electron chi connectivity index (χ0n) is 9.70. The molecule has 1 aromatic heterocycles. The van der Waals surface area contributed by atoms with Gasteiger partial charge in [0.15, 0.2) is 11.5 Å². The van der Waals surface area contributed by atoms with Gasteiger partial charge in [-0.15, -0.1) is 10.2 Å². The number of alkyl halides is 3. The lowest BCUT2D eigenvalue weighted by Crippen LogP contribution is -2.36. The van der Waals surface area contributed by atoms with Gasteiger partial charge in [-0.2, -0.15) is 13.2 Å². The van der Waals surface area contributed by atoms with Crippen molar-refractivity contribution < 1.29 is 13.2 Å². The van der Waals surface area contributed by atoms with E-state index < -0.39 is 11.9 Å². The first-order valence-electron chi connectivity index (χ1n) is 5.24. The maximum absolute atomic E-state index is 12.3. The number of hydrogen-bond donors (Lipinski definition) is 1. The van der Waals surface area contributed by atoms with Gasteiger partial charge in [0.2, 0.25) is 0 Å². The van der Waals surface area contributed by atoms with Crippen LogP contribution < -0.4 is 10.6 Å². The molecule has 0 unspecified atom stereocenters. The molecule has 0 radical (unpaired) electrons. The highest BCUT2D eigenvalue weighted by Gasteiger charge is 2.33. The Morgan fingerprint density at radius 1 is 1.29 bits per heavy atom. The summed E-state index contributed by atoms with van der Waals surface area (Å²) < 4.78 is 36.9. The second-order valence-electron chi connectivity index (χ2n) is 3.85. The van der Waals surface area contributed by atoms with E-state index in [4.69, 9.17) is 5.73 Å². The maximum Gasteiger partial charge on any atom is 0.435 e. The van der Waals surface area contributed by atoms with E-state index >= 15 is 0 Å². The van der Waals surface area contributed by atoms with Gasteiger partial charge >= 0.3 is 6.18 Å². The molecule has 0 saturated heterocycles. The van der Waals surface area contributed by atoms with Gasteiger partial charge in [-0.1, -0.05) is 0 Å². The van der Waals surface area contributed by atoms with Crippen LogP contribution in [-0.4, -0.2) is 29.3 Å². The molecule has 0 bridgehead atoms. The second-order valence-corrected chi connectivity index (χ2v) is 3.85. The Bertz CT molecular complexity index is 348. The first-order valence-corrected chi connectivity index (χ1v) is 5.24. The molecular formula is C10H15F3N4. The molecule has 0 aliphatic rings. The summed E-state index contributed by atoms with van der Waals surface area (Å²) in [5, 5.41) is 6.76. The highest BCUT2D eigenvalue weighted by Crippen LogP contribution is 2.27. The van der Waals surface area contributed by atoms with Crippen LogP contribution in [0, 0.1) is 0 Å². The van der Waals surface area contributed by atoms with Crippen LogP contribution in [0.1, 0.15) is 19.5 Å². The molecule has 2 N–H and O–H groups in total. The third kappa shape index (κ3) is 3.55. The Labute approximate surface area is 97.6 Å². The predicted octanol–water partition coefficient (Wildman–Crippen LogP) is 1.67. The number of anilines is 1. The Morgan fingerprint density at radius 2 is 1.94 bits per heavy atom. The van der Waals surface area contributed by atoms with E-state index in [1.165, 1.54) is 6.07 Å². The van der Waals surface area contributed by atoms with Crippen molar-refractivity contribution in [1.82, 2.24) is 10.2 Å². The van der Waals surface area contributed by atoms with Gasteiger partial charge in [0.1, 0.15) is 0 Å². The van der Waals surface area contributed by atoms with Crippen LogP contribution in [0.2, 0.25) is 0 Å². The summed E-state index contributed by atoms with van der Waals surface area (Å²) in [7, 11) is 0. The third-order valence-corrected chi connectivity index (χ3v) is 2.23. The van der Waals surface area contributed by atoms with Gasteiger partial charge < -0.3 is 10.6 Å². The summed E-state index contributed by atoms with van der Waals surface area (Å²) in [5.41, 5.74) is 4.45. The lowest BCUT2D eigenvalue weighted by Gasteiger charge is -2.26. The molecule has 1 heterocycles. The quantitative estimate of drug-likeness (QED) is 0.880. The number of hydrogen-bond acceptors (Lipinski definition) is 4. The molecule has 1 aromatic rings. The van der Waals surface area contributed by atoms with E-state index in [1.54, 1.807) is 4.90 Å². The van der Waals surface area contributed by atoms with Crippen molar-refractivity contribution in [2.45, 2.75) is 26.1 Å². The zero-order chi connectivity index (χ0) is 13.1. The first kappa shape index (κ1) is 13.7. The Hall–Kier alpha value is -1.37. The average molecular weight is 248 g/mol. The molecule has 7 heteroatoms. The summed E-state index contributed by atoms with van der Waals surface area (Å²) in [6.07, 6.45) is -4.46. The van der Waals surface area contributed by atoms with Crippen LogP contribution in [0.4, 0.5) is 19.0 Å². The predicted molar refractivity (Wildman–Crippen MR) is 58.6 cm³/mol. The van der Waals surface area contributed by atoms with Gasteiger partial charge in [-0.05, 0) is 26.0 Å². The smallest absolute Gasteiger partial charge is 0.351 e. The minimum Gasteiger partial charge on any atom is -0.351 e. The van der Waals surface area contributed by atoms with E-state index in [-0.39, 0.29) is 6.04 Å². The van der Waals surface area contributed by atoms with E-state index in [9.17, 15) is 13.2 Å². The molecular weight excluding hydrogens is 233 g/mol. The first-order chi connectivity index (χ1) is 7.86. The minimum atomic E-state index is -4.46. The highest BCUT2D eigenvalue weighted by atomic mass is 19.4. The SMILES string of the molecule is CC(C)N(CCN)c1ccc(C(F)(F)F)nn1. The van der Waals surface area contributed by atoms with Crippen molar-refractivity contribution in [3.63, 3.8) is 0 Å². The lowest BCUT2D eigenvalue weighted by atomic mass is 10.3. The van der Waals surface area contributed by atoms with Crippen LogP contribution in [0.5, 0.6) is 0 Å². The molecule has 0 fully saturated rings. The van der Waals surface area contributed by atoms with Crippen molar-refractivity contribution in [3.05, 3.63) is 17.8 Å². The summed E-state index contributed by atoms with van der Waals surface area (Å²) in [5.74, 6) is 0.401. The third-order valence-electron chi connectivity index (χ3n) is 2.23. The molecule has 0 spiro atoms. The maximum atomic E-state index is 12.3. The van der Waals surface area contributed by atoms with Gasteiger partial charge in [-0.25, -0.2) is 0 Å². The van der Waals surface area contributed by atoms with Crippen molar-refractivity contribution in [3.8, 4) is 0 Å². The van der Waals surface area contributed by atoms with E-state index in [0.29, 0.717) is 18.9 Å². The molecule has 0 saturated carbocycles. The number of aromatic nitrogens is 2. The van der Waals surface area contributed by atoms with Gasteiger partial charge in [-0.3, -0.25) is 0 Å². The second kappa shape index (κ2) is 5.31. The topological polar surface area (TPSA) is 55.0 Å². The molecule has 0 aliphatic heterocycles. The zero-order valence-corrected chi connectivity index (χ0v) is 9.70. The molecule has 0 amide bonds. The molecule has 4 nitrogen and oxygen atoms in total. The van der Waals surface area contributed by atoms with Crippen LogP contribution in [0.15, 0.2) is 12.1 Å². The Morgan fingerprint density at radius 3 is 2.29 bits per heavy atom. The van der Waals surface area contributed by atoms with Gasteiger partial charge in [0, 0.05) is 19.1 Å². The molecule has 96 valence electrons. The molecule has 0 aliphatic carbocycles. The number of halogens is 3. The van der Waals surface area contributed by atoms with E-state index in [0.717, 1.165) is 6.07 Å². The van der Waals surface area contributed by atoms with E-state index in [2.05, 4.69) is 10.2 Å². The lowest BCUT2D eigenvalue weighted by molar-refractivity contribution is -0.141. The van der Waals surface area contributed by atoms with Crippen molar-refractivity contribution in [2.75, 3.05) is 18.0 Å². The standard InChI is InChI=1S/C10H15F3N4/c1-7(2)17(6-5-14)9-4-3-8(15-16-9)10(11,12)13/h3-4,7H,5-6,14H2,1-2H3. The summed E-state index contributed by atoms with van der Waals surface area (Å²) in [6.45, 7) is 4.75. The fraction of sp³-hybridized carbons (Fsp3) is 0.600. The molecule has 0 atom stereocenters. The number of rotatable bonds is 4. The summed E-state index contributed by atoms with van der Waals surface area (Å²) >= 11 is 0. The Balaban J connectivity index is 2.92. The van der Waals surface area contributed by atoms with Gasteiger partial charge in [0.25, 0.3) is 0 Å². The molecule has 17 heavy (non-hydrogen) atoms. The monoisotopic (exact) mass is 248 g/mol. The largest absolute Gasteiger partial charge is 0.435 e. The van der Waals surface area contributed by atoms with E-state index in [1.807, 2.05) is 13.8 Å².